The lowest BCUT2D eigenvalue weighted by Gasteiger charge is -2.15. The van der Waals surface area contributed by atoms with E-state index in [9.17, 15) is 9.59 Å². The molecule has 0 aromatic carbocycles. The van der Waals surface area contributed by atoms with Gasteiger partial charge in [0.05, 0.1) is 0 Å². The van der Waals surface area contributed by atoms with Crippen molar-refractivity contribution in [2.45, 2.75) is 219 Å². The van der Waals surface area contributed by atoms with Crippen LogP contribution in [-0.2, 0) is 9.59 Å². The Bertz CT molecular complexity index is 486. The van der Waals surface area contributed by atoms with E-state index < -0.39 is 0 Å². The number of hydrogen-bond donors (Lipinski definition) is 0. The van der Waals surface area contributed by atoms with Crippen LogP contribution in [0, 0.1) is 7.05 Å². The van der Waals surface area contributed by atoms with Gasteiger partial charge < -0.3 is 0 Å². The lowest BCUT2D eigenvalue weighted by atomic mass is 10.0. The van der Waals surface area contributed by atoms with Gasteiger partial charge in [-0.3, -0.25) is 14.5 Å². The zero-order valence-corrected chi connectivity index (χ0v) is 27.6. The Hall–Kier alpha value is -0.860. The van der Waals surface area contributed by atoms with Gasteiger partial charge in [-0.15, -0.1) is 0 Å². The Labute approximate surface area is 252 Å². The Balaban J connectivity index is 3.41. The molecule has 237 valence electrons. The van der Waals surface area contributed by atoms with Crippen LogP contribution in [0.25, 0.3) is 0 Å². The average molecular weight is 563 g/mol. The Morgan fingerprint density at radius 1 is 0.350 bits per heavy atom. The van der Waals surface area contributed by atoms with Crippen molar-refractivity contribution in [2.75, 3.05) is 0 Å². The predicted octanol–water partition coefficient (Wildman–Crippen LogP) is 12.7. The lowest BCUT2D eigenvalue weighted by molar-refractivity contribution is -0.141. The molecule has 0 spiro atoms. The van der Waals surface area contributed by atoms with Gasteiger partial charge in [0.1, 0.15) is 0 Å². The standard InChI is InChI=1S/C37H72NO2/c1-4-6-8-10-12-14-16-18-20-22-24-26-28-30-32-34-36(39)38(3)37(40)35-33-31-29-27-25-23-21-19-17-15-13-11-9-7-5-2/h3-35H2,1-2H3. The molecule has 0 aliphatic heterocycles. The summed E-state index contributed by atoms with van der Waals surface area (Å²) in [6.45, 7) is 4.56. The van der Waals surface area contributed by atoms with Crippen molar-refractivity contribution >= 4 is 11.8 Å². The third-order valence-electron chi connectivity index (χ3n) is 8.59. The lowest BCUT2D eigenvalue weighted by Crippen LogP contribution is -2.30. The van der Waals surface area contributed by atoms with Crippen LogP contribution in [0.15, 0.2) is 0 Å². The number of carbonyl (C=O) groups is 2. The molecular formula is C37H72NO2. The molecule has 2 amide bonds. The molecule has 40 heavy (non-hydrogen) atoms. The first-order valence-electron chi connectivity index (χ1n) is 18.3. The maximum Gasteiger partial charge on any atom is 0.229 e. The second-order valence-electron chi connectivity index (χ2n) is 12.6. The maximum atomic E-state index is 12.3. The summed E-state index contributed by atoms with van der Waals surface area (Å²) >= 11 is 0. The summed E-state index contributed by atoms with van der Waals surface area (Å²) in [5.41, 5.74) is 0. The molecule has 3 nitrogen and oxygen atoms in total. The molecule has 0 aromatic heterocycles. The van der Waals surface area contributed by atoms with Crippen LogP contribution < -0.4 is 0 Å². The summed E-state index contributed by atoms with van der Waals surface area (Å²) in [7, 11) is 3.75. The van der Waals surface area contributed by atoms with Crippen molar-refractivity contribution in [1.82, 2.24) is 4.90 Å². The van der Waals surface area contributed by atoms with Crippen LogP contribution in [0.1, 0.15) is 219 Å². The first-order valence-corrected chi connectivity index (χ1v) is 18.3. The van der Waals surface area contributed by atoms with Gasteiger partial charge in [-0.1, -0.05) is 194 Å². The van der Waals surface area contributed by atoms with Crippen molar-refractivity contribution in [2.24, 2.45) is 0 Å². The molecule has 1 radical (unpaired) electrons. The molecule has 0 atom stereocenters. The quantitative estimate of drug-likeness (QED) is 0.0764. The van der Waals surface area contributed by atoms with Crippen LogP contribution in [0.4, 0.5) is 0 Å². The number of hydrogen-bond acceptors (Lipinski definition) is 2. The van der Waals surface area contributed by atoms with Crippen LogP contribution >= 0.6 is 0 Å². The van der Waals surface area contributed by atoms with Gasteiger partial charge in [-0.25, -0.2) is 0 Å². The van der Waals surface area contributed by atoms with E-state index in [2.05, 4.69) is 20.9 Å². The van der Waals surface area contributed by atoms with Gasteiger partial charge in [0.15, 0.2) is 0 Å². The van der Waals surface area contributed by atoms with Crippen molar-refractivity contribution in [3.05, 3.63) is 7.05 Å². The van der Waals surface area contributed by atoms with Gasteiger partial charge in [0.2, 0.25) is 11.8 Å². The largest absolute Gasteiger partial charge is 0.281 e. The molecular weight excluding hydrogens is 490 g/mol. The first-order chi connectivity index (χ1) is 19.6. The van der Waals surface area contributed by atoms with E-state index in [1.54, 1.807) is 0 Å². The number of imide groups is 1. The Kier molecular flexibility index (Phi) is 31.9. The van der Waals surface area contributed by atoms with Crippen LogP contribution in [0.5, 0.6) is 0 Å². The molecule has 0 N–H and O–H groups in total. The number of unbranched alkanes of at least 4 members (excludes halogenated alkanes) is 28. The monoisotopic (exact) mass is 563 g/mol. The van der Waals surface area contributed by atoms with E-state index in [4.69, 9.17) is 0 Å². The summed E-state index contributed by atoms with van der Waals surface area (Å²) in [6.07, 6.45) is 40.4. The number of rotatable bonds is 32. The fourth-order valence-corrected chi connectivity index (χ4v) is 5.70. The highest BCUT2D eigenvalue weighted by molar-refractivity contribution is 5.95. The SMILES string of the molecule is [CH2]N(C(=O)CCCCCCCCCCCCCCCCC)C(=O)CCCCCCCCCCCCCCCCC. The molecule has 0 aliphatic carbocycles. The predicted molar refractivity (Wildman–Crippen MR) is 176 cm³/mol. The fraction of sp³-hybridized carbons (Fsp3) is 0.919. The number of nitrogens with zero attached hydrogens (tertiary/aromatic N) is 1. The smallest absolute Gasteiger partial charge is 0.229 e. The van der Waals surface area contributed by atoms with E-state index in [0.29, 0.717) is 12.8 Å². The summed E-state index contributed by atoms with van der Waals surface area (Å²) < 4.78 is 0. The maximum absolute atomic E-state index is 12.3. The summed E-state index contributed by atoms with van der Waals surface area (Å²) in [5, 5.41) is 0. The Morgan fingerprint density at radius 2 is 0.525 bits per heavy atom. The van der Waals surface area contributed by atoms with E-state index >= 15 is 0 Å². The molecule has 0 saturated heterocycles. The second kappa shape index (κ2) is 32.7. The molecule has 0 aliphatic rings. The highest BCUT2D eigenvalue weighted by Gasteiger charge is 2.15. The molecule has 3 heteroatoms. The van der Waals surface area contributed by atoms with Crippen LogP contribution in [0.2, 0.25) is 0 Å². The van der Waals surface area contributed by atoms with Gasteiger partial charge in [-0.05, 0) is 12.8 Å². The van der Waals surface area contributed by atoms with E-state index in [0.717, 1.165) is 30.6 Å². The second-order valence-corrected chi connectivity index (χ2v) is 12.6. The molecule has 0 heterocycles. The minimum absolute atomic E-state index is 0.0966. The highest BCUT2D eigenvalue weighted by Crippen LogP contribution is 2.16. The topological polar surface area (TPSA) is 37.4 Å². The molecule has 0 aromatic rings. The van der Waals surface area contributed by atoms with Crippen molar-refractivity contribution < 1.29 is 9.59 Å². The Morgan fingerprint density at radius 3 is 0.725 bits per heavy atom. The fourth-order valence-electron chi connectivity index (χ4n) is 5.70. The highest BCUT2D eigenvalue weighted by atomic mass is 16.2. The van der Waals surface area contributed by atoms with Crippen LogP contribution in [-0.4, -0.2) is 16.7 Å². The zero-order chi connectivity index (χ0) is 29.4. The van der Waals surface area contributed by atoms with Gasteiger partial charge in [-0.2, -0.15) is 0 Å². The third-order valence-corrected chi connectivity index (χ3v) is 8.59. The average Bonchev–Trinajstić information content (AvgIpc) is 2.96. The normalized spacial score (nSPS) is 11.3. The summed E-state index contributed by atoms with van der Waals surface area (Å²) in [5.74, 6) is -0.193. The molecule has 0 fully saturated rings. The minimum Gasteiger partial charge on any atom is -0.281 e. The molecule has 0 bridgehead atoms. The first kappa shape index (κ1) is 39.1. The number of carbonyl (C=O) groups excluding carboxylic acids is 2. The summed E-state index contributed by atoms with van der Waals surface area (Å²) in [6, 6.07) is 0. The number of amides is 2. The van der Waals surface area contributed by atoms with Crippen molar-refractivity contribution in [3.8, 4) is 0 Å². The van der Waals surface area contributed by atoms with Gasteiger partial charge in [0.25, 0.3) is 0 Å². The van der Waals surface area contributed by atoms with Crippen molar-refractivity contribution in [3.63, 3.8) is 0 Å². The van der Waals surface area contributed by atoms with E-state index in [-0.39, 0.29) is 11.8 Å². The van der Waals surface area contributed by atoms with E-state index in [1.807, 2.05) is 0 Å². The minimum atomic E-state index is -0.0966. The van der Waals surface area contributed by atoms with E-state index in [1.165, 1.54) is 167 Å². The molecule has 0 saturated carbocycles. The molecule has 0 rings (SSSR count). The third kappa shape index (κ3) is 28.7. The van der Waals surface area contributed by atoms with Gasteiger partial charge >= 0.3 is 0 Å². The zero-order valence-electron chi connectivity index (χ0n) is 27.6. The van der Waals surface area contributed by atoms with Gasteiger partial charge in [0, 0.05) is 19.9 Å². The van der Waals surface area contributed by atoms with Crippen molar-refractivity contribution in [1.29, 1.82) is 0 Å². The van der Waals surface area contributed by atoms with Crippen LogP contribution in [0.3, 0.4) is 0 Å². The summed E-state index contributed by atoms with van der Waals surface area (Å²) in [4.78, 5) is 25.8. The molecule has 0 unspecified atom stereocenters.